The minimum Gasteiger partial charge on any atom is -0.457 e. The molecule has 0 aliphatic carbocycles. The molecule has 0 atom stereocenters. The van der Waals surface area contributed by atoms with Crippen molar-refractivity contribution in [2.75, 3.05) is 5.32 Å². The summed E-state index contributed by atoms with van der Waals surface area (Å²) in [6, 6.07) is 1.91. The van der Waals surface area contributed by atoms with E-state index in [1.165, 1.54) is 0 Å². The number of aryl methyl sites for hydroxylation is 1. The summed E-state index contributed by atoms with van der Waals surface area (Å²) in [5.74, 6) is 1.43. The number of hydrogen-bond donors (Lipinski definition) is 2. The highest BCUT2D eigenvalue weighted by Crippen LogP contribution is 2.19. The topological polar surface area (TPSA) is 79.6 Å². The van der Waals surface area contributed by atoms with Gasteiger partial charge in [0.2, 0.25) is 0 Å². The van der Waals surface area contributed by atoms with Crippen molar-refractivity contribution >= 4 is 32.9 Å². The molecule has 0 radical (unpaired) electrons. The summed E-state index contributed by atoms with van der Waals surface area (Å²) in [7, 11) is 0. The van der Waals surface area contributed by atoms with Gasteiger partial charge in [0.15, 0.2) is 16.1 Å². The highest BCUT2D eigenvalue weighted by Gasteiger charge is 2.08. The molecular formula is C13H16BrN5O. The summed E-state index contributed by atoms with van der Waals surface area (Å²) < 4.78 is 5.89. The van der Waals surface area contributed by atoms with Gasteiger partial charge in [-0.25, -0.2) is 15.0 Å². The Morgan fingerprint density at radius 3 is 2.85 bits per heavy atom. The van der Waals surface area contributed by atoms with Crippen molar-refractivity contribution in [3.05, 3.63) is 34.7 Å². The van der Waals surface area contributed by atoms with E-state index in [4.69, 9.17) is 4.42 Å². The highest BCUT2D eigenvalue weighted by atomic mass is 79.9. The minimum atomic E-state index is 0.625. The molecule has 0 unspecified atom stereocenters. The van der Waals surface area contributed by atoms with Crippen LogP contribution in [0.2, 0.25) is 0 Å². The number of nitrogens with zero attached hydrogens (tertiary/aromatic N) is 3. The Hall–Kier alpha value is -1.89. The van der Waals surface area contributed by atoms with Crippen LogP contribution in [0.4, 0.5) is 5.82 Å². The molecule has 0 bridgehead atoms. The van der Waals surface area contributed by atoms with Gasteiger partial charge in [-0.3, -0.25) is 0 Å². The Bertz CT molecular complexity index is 691. The van der Waals surface area contributed by atoms with Crippen LogP contribution in [0.3, 0.4) is 0 Å². The van der Waals surface area contributed by atoms with Gasteiger partial charge in [0.1, 0.15) is 11.3 Å². The molecule has 106 valence electrons. The Labute approximate surface area is 125 Å². The second kappa shape index (κ2) is 6.51. The normalized spacial score (nSPS) is 10.2. The largest absolute Gasteiger partial charge is 0.457 e. The monoisotopic (exact) mass is 337 g/mol. The van der Waals surface area contributed by atoms with E-state index in [2.05, 4.69) is 41.2 Å². The lowest BCUT2D eigenvalue weighted by Crippen LogP contribution is -2.03. The maximum atomic E-state index is 5.17. The molecular weight excluding hydrogens is 322 g/mol. The van der Waals surface area contributed by atoms with Crippen LogP contribution in [0, 0.1) is 6.92 Å². The quantitative estimate of drug-likeness (QED) is 0.762. The maximum absolute atomic E-state index is 5.17. The van der Waals surface area contributed by atoms with Crippen molar-refractivity contribution in [1.29, 1.82) is 0 Å². The van der Waals surface area contributed by atoms with Gasteiger partial charge in [-0.15, -0.1) is 0 Å². The molecule has 20 heavy (non-hydrogen) atoms. The maximum Gasteiger partial charge on any atom is 0.183 e. The average molecular weight is 338 g/mol. The molecule has 0 aromatic carbocycles. The molecule has 2 N–H and O–H groups in total. The van der Waals surface area contributed by atoms with Crippen molar-refractivity contribution in [2.24, 2.45) is 0 Å². The van der Waals surface area contributed by atoms with E-state index >= 15 is 0 Å². The van der Waals surface area contributed by atoms with Crippen molar-refractivity contribution in [3.63, 3.8) is 0 Å². The van der Waals surface area contributed by atoms with Crippen LogP contribution in [0.5, 0.6) is 0 Å². The highest BCUT2D eigenvalue weighted by molar-refractivity contribution is 9.10. The van der Waals surface area contributed by atoms with Crippen molar-refractivity contribution in [2.45, 2.75) is 27.3 Å². The molecule has 3 heterocycles. The fourth-order valence-electron chi connectivity index (χ4n) is 1.69. The Kier molecular flexibility index (Phi) is 4.73. The summed E-state index contributed by atoms with van der Waals surface area (Å²) in [5, 5.41) is 3.24. The zero-order valence-electron chi connectivity index (χ0n) is 11.6. The van der Waals surface area contributed by atoms with E-state index in [1.807, 2.05) is 26.8 Å². The van der Waals surface area contributed by atoms with E-state index in [0.717, 1.165) is 16.9 Å². The summed E-state index contributed by atoms with van der Waals surface area (Å²) in [5.41, 5.74) is 2.51. The molecule has 0 saturated carbocycles. The lowest BCUT2D eigenvalue weighted by Gasteiger charge is -2.05. The average Bonchev–Trinajstić information content (AvgIpc) is 3.07. The molecule has 0 spiro atoms. The van der Waals surface area contributed by atoms with Gasteiger partial charge in [0.25, 0.3) is 0 Å². The fraction of sp³-hybridized carbons (Fsp3) is 0.308. The van der Waals surface area contributed by atoms with Crippen molar-refractivity contribution in [1.82, 2.24) is 19.9 Å². The predicted octanol–water partition coefficient (Wildman–Crippen LogP) is 3.66. The summed E-state index contributed by atoms with van der Waals surface area (Å²) in [4.78, 5) is 15.7. The number of aromatic amines is 1. The molecule has 6 nitrogen and oxygen atoms in total. The van der Waals surface area contributed by atoms with Crippen LogP contribution in [0.25, 0.3) is 11.2 Å². The van der Waals surface area contributed by atoms with Crippen LogP contribution in [-0.2, 0) is 6.54 Å². The Balaban J connectivity index is 0.000000704. The van der Waals surface area contributed by atoms with Gasteiger partial charge in [-0.05, 0) is 28.9 Å². The number of halogens is 1. The number of aromatic nitrogens is 4. The van der Waals surface area contributed by atoms with Gasteiger partial charge in [-0.1, -0.05) is 13.8 Å². The molecule has 7 heteroatoms. The van der Waals surface area contributed by atoms with Crippen LogP contribution in [0.15, 0.2) is 27.7 Å². The van der Waals surface area contributed by atoms with Crippen LogP contribution in [0.1, 0.15) is 25.2 Å². The molecule has 0 aliphatic heterocycles. The fourth-order valence-corrected chi connectivity index (χ4v) is 2.08. The minimum absolute atomic E-state index is 0.625. The summed E-state index contributed by atoms with van der Waals surface area (Å²) in [6.07, 6.45) is 3.30. The second-order valence-corrected chi connectivity index (χ2v) is 4.61. The van der Waals surface area contributed by atoms with Gasteiger partial charge in [0.05, 0.1) is 12.6 Å². The van der Waals surface area contributed by atoms with Crippen LogP contribution >= 0.6 is 15.9 Å². The number of anilines is 1. The smallest absolute Gasteiger partial charge is 0.183 e. The standard InChI is InChI=1S/C11H10BrN5O.C2H6/c1-6-16-10(9-11(17-6)15-5-14-9)13-3-7-2-8(12)18-4-7;1-2/h2,4-5H,3H2,1H3,(H2,13,14,15,16,17);1-2H3. The third-order valence-corrected chi connectivity index (χ3v) is 2.89. The third kappa shape index (κ3) is 3.16. The zero-order valence-corrected chi connectivity index (χ0v) is 13.2. The lowest BCUT2D eigenvalue weighted by atomic mass is 10.3. The number of H-pyrrole nitrogens is 1. The van der Waals surface area contributed by atoms with Crippen molar-refractivity contribution < 1.29 is 4.42 Å². The predicted molar refractivity (Wildman–Crippen MR) is 81.5 cm³/mol. The van der Waals surface area contributed by atoms with Crippen LogP contribution in [-0.4, -0.2) is 19.9 Å². The summed E-state index contributed by atoms with van der Waals surface area (Å²) >= 11 is 3.27. The first-order valence-corrected chi connectivity index (χ1v) is 7.16. The number of rotatable bonds is 3. The molecule has 0 amide bonds. The Morgan fingerprint density at radius 1 is 1.35 bits per heavy atom. The third-order valence-electron chi connectivity index (χ3n) is 2.48. The lowest BCUT2D eigenvalue weighted by molar-refractivity contribution is 0.539. The van der Waals surface area contributed by atoms with Gasteiger partial charge >= 0.3 is 0 Å². The van der Waals surface area contributed by atoms with E-state index in [9.17, 15) is 0 Å². The Morgan fingerprint density at radius 2 is 2.15 bits per heavy atom. The number of fused-ring (bicyclic) bond motifs is 1. The van der Waals surface area contributed by atoms with E-state index in [1.54, 1.807) is 12.6 Å². The number of hydrogen-bond acceptors (Lipinski definition) is 5. The molecule has 3 rings (SSSR count). The van der Waals surface area contributed by atoms with Gasteiger partial charge < -0.3 is 14.7 Å². The summed E-state index contributed by atoms with van der Waals surface area (Å²) in [6.45, 7) is 6.47. The first kappa shape index (κ1) is 14.5. The van der Waals surface area contributed by atoms with Gasteiger partial charge in [-0.2, -0.15) is 0 Å². The van der Waals surface area contributed by atoms with E-state index < -0.39 is 0 Å². The molecule has 0 fully saturated rings. The zero-order chi connectivity index (χ0) is 14.5. The van der Waals surface area contributed by atoms with E-state index in [0.29, 0.717) is 22.7 Å². The SMILES string of the molecule is CC.Cc1nc(NCc2coc(Br)c2)c2[nH]cnc2n1. The van der Waals surface area contributed by atoms with Gasteiger partial charge in [0, 0.05) is 12.1 Å². The molecule has 0 saturated heterocycles. The first-order chi connectivity index (χ1) is 9.72. The molecule has 3 aromatic rings. The number of imidazole rings is 1. The van der Waals surface area contributed by atoms with E-state index in [-0.39, 0.29) is 0 Å². The first-order valence-electron chi connectivity index (χ1n) is 6.37. The number of nitrogens with one attached hydrogen (secondary N) is 2. The second-order valence-electron chi connectivity index (χ2n) is 3.83. The number of furan rings is 1. The molecule has 0 aliphatic rings. The van der Waals surface area contributed by atoms with Crippen molar-refractivity contribution in [3.8, 4) is 0 Å². The van der Waals surface area contributed by atoms with Crippen LogP contribution < -0.4 is 5.32 Å². The molecule has 3 aromatic heterocycles.